The van der Waals surface area contributed by atoms with Crippen molar-refractivity contribution in [3.63, 3.8) is 0 Å². The molecule has 1 aliphatic heterocycles. The standard InChI is InChI=1S/C12H10ClO2P/c13-16-14-11-7-3-1-5-9(11)10-6-2-4-8-12(10)15-16/h1-9,11H. The maximum atomic E-state index is 6.03. The van der Waals surface area contributed by atoms with Crippen molar-refractivity contribution in [3.8, 4) is 5.75 Å². The highest BCUT2D eigenvalue weighted by Crippen LogP contribution is 2.53. The van der Waals surface area contributed by atoms with E-state index in [1.807, 2.05) is 36.4 Å². The average molecular weight is 253 g/mol. The lowest BCUT2D eigenvalue weighted by Crippen LogP contribution is -2.16. The Morgan fingerprint density at radius 2 is 1.94 bits per heavy atom. The van der Waals surface area contributed by atoms with Crippen LogP contribution in [0.25, 0.3) is 0 Å². The van der Waals surface area contributed by atoms with Crippen LogP contribution in [0.1, 0.15) is 11.5 Å². The summed E-state index contributed by atoms with van der Waals surface area (Å²) in [5.74, 6) is 1.03. The van der Waals surface area contributed by atoms with Gasteiger partial charge in [-0.15, -0.1) is 0 Å². The maximum Gasteiger partial charge on any atom is 0.339 e. The Labute approximate surface area is 100 Å². The first-order valence-electron chi connectivity index (χ1n) is 5.09. The second-order valence-electron chi connectivity index (χ2n) is 3.71. The quantitative estimate of drug-likeness (QED) is 0.646. The third kappa shape index (κ3) is 1.78. The van der Waals surface area contributed by atoms with Gasteiger partial charge in [-0.1, -0.05) is 42.5 Å². The van der Waals surface area contributed by atoms with Crippen molar-refractivity contribution < 1.29 is 9.05 Å². The molecule has 0 N–H and O–H groups in total. The second kappa shape index (κ2) is 4.21. The fraction of sp³-hybridized carbons (Fsp3) is 0.167. The number of allylic oxidation sites excluding steroid dienone is 2. The molecule has 0 aromatic heterocycles. The third-order valence-corrected chi connectivity index (χ3v) is 3.93. The molecular weight excluding hydrogens is 243 g/mol. The normalized spacial score (nSPS) is 31.2. The highest BCUT2D eigenvalue weighted by molar-refractivity contribution is 7.76. The molecule has 3 unspecified atom stereocenters. The number of benzene rings is 1. The number of hydrogen-bond donors (Lipinski definition) is 0. The van der Waals surface area contributed by atoms with E-state index in [2.05, 4.69) is 12.1 Å². The molecule has 0 saturated carbocycles. The summed E-state index contributed by atoms with van der Waals surface area (Å²) in [7, 11) is -1.36. The molecule has 3 rings (SSSR count). The molecule has 82 valence electrons. The van der Waals surface area contributed by atoms with Crippen molar-refractivity contribution in [1.29, 1.82) is 0 Å². The van der Waals surface area contributed by atoms with Gasteiger partial charge in [-0.05, 0) is 17.3 Å². The Morgan fingerprint density at radius 3 is 2.88 bits per heavy atom. The zero-order chi connectivity index (χ0) is 11.0. The molecule has 0 bridgehead atoms. The molecule has 0 saturated heterocycles. The monoisotopic (exact) mass is 252 g/mol. The number of halogens is 1. The van der Waals surface area contributed by atoms with Crippen LogP contribution in [0, 0.1) is 0 Å². The van der Waals surface area contributed by atoms with E-state index in [1.54, 1.807) is 0 Å². The molecule has 1 aromatic rings. The van der Waals surface area contributed by atoms with Gasteiger partial charge >= 0.3 is 7.73 Å². The predicted octanol–water partition coefficient (Wildman–Crippen LogP) is 4.14. The highest BCUT2D eigenvalue weighted by Gasteiger charge is 2.31. The molecule has 4 heteroatoms. The number of hydrogen-bond acceptors (Lipinski definition) is 2. The van der Waals surface area contributed by atoms with Crippen LogP contribution in [0.5, 0.6) is 5.75 Å². The van der Waals surface area contributed by atoms with E-state index in [-0.39, 0.29) is 12.0 Å². The lowest BCUT2D eigenvalue weighted by Gasteiger charge is -2.21. The van der Waals surface area contributed by atoms with Crippen LogP contribution in [-0.2, 0) is 4.52 Å². The molecule has 0 amide bonds. The fourth-order valence-corrected chi connectivity index (χ4v) is 3.26. The molecule has 16 heavy (non-hydrogen) atoms. The summed E-state index contributed by atoms with van der Waals surface area (Å²) in [5.41, 5.74) is 1.14. The third-order valence-electron chi connectivity index (χ3n) is 2.74. The van der Waals surface area contributed by atoms with Crippen LogP contribution in [0.4, 0.5) is 0 Å². The number of para-hydroxylation sites is 1. The second-order valence-corrected chi connectivity index (χ2v) is 5.35. The van der Waals surface area contributed by atoms with Gasteiger partial charge in [-0.25, -0.2) is 0 Å². The van der Waals surface area contributed by atoms with Crippen LogP contribution in [0.15, 0.2) is 48.6 Å². The number of rotatable bonds is 0. The van der Waals surface area contributed by atoms with Crippen molar-refractivity contribution in [2.45, 2.75) is 12.0 Å². The van der Waals surface area contributed by atoms with Gasteiger partial charge in [-0.2, -0.15) is 0 Å². The van der Waals surface area contributed by atoms with E-state index in [1.165, 1.54) is 0 Å². The summed E-state index contributed by atoms with van der Waals surface area (Å²) in [5, 5.41) is 0. The first-order valence-corrected chi connectivity index (χ1v) is 7.17. The van der Waals surface area contributed by atoms with Crippen LogP contribution >= 0.6 is 19.0 Å². The topological polar surface area (TPSA) is 18.5 Å². The molecule has 0 spiro atoms. The minimum Gasteiger partial charge on any atom is -0.436 e. The van der Waals surface area contributed by atoms with E-state index in [4.69, 9.17) is 20.3 Å². The molecule has 0 radical (unpaired) electrons. The largest absolute Gasteiger partial charge is 0.436 e. The molecule has 1 aliphatic carbocycles. The van der Waals surface area contributed by atoms with Gasteiger partial charge in [0.15, 0.2) is 0 Å². The van der Waals surface area contributed by atoms with E-state index >= 15 is 0 Å². The summed E-state index contributed by atoms with van der Waals surface area (Å²) in [6.07, 6.45) is 8.14. The summed E-state index contributed by atoms with van der Waals surface area (Å²) < 4.78 is 11.3. The molecular formula is C12H10ClO2P. The lowest BCUT2D eigenvalue weighted by molar-refractivity contribution is 0.252. The Morgan fingerprint density at radius 1 is 1.12 bits per heavy atom. The van der Waals surface area contributed by atoms with Gasteiger partial charge in [0, 0.05) is 11.5 Å². The van der Waals surface area contributed by atoms with Crippen LogP contribution in [0.3, 0.4) is 0 Å². The Bertz CT molecular complexity index is 458. The van der Waals surface area contributed by atoms with Gasteiger partial charge in [0.25, 0.3) is 0 Å². The van der Waals surface area contributed by atoms with Crippen molar-refractivity contribution >= 4 is 19.0 Å². The van der Waals surface area contributed by atoms with E-state index in [0.29, 0.717) is 0 Å². The number of fused-ring (bicyclic) bond motifs is 3. The zero-order valence-corrected chi connectivity index (χ0v) is 10.1. The predicted molar refractivity (Wildman–Crippen MR) is 65.7 cm³/mol. The van der Waals surface area contributed by atoms with Crippen LogP contribution < -0.4 is 4.52 Å². The summed E-state index contributed by atoms with van der Waals surface area (Å²) in [6, 6.07) is 7.95. The zero-order valence-electron chi connectivity index (χ0n) is 8.42. The van der Waals surface area contributed by atoms with Crippen molar-refractivity contribution in [3.05, 3.63) is 54.1 Å². The van der Waals surface area contributed by atoms with E-state index < -0.39 is 7.73 Å². The molecule has 0 fully saturated rings. The first-order chi connectivity index (χ1) is 7.84. The summed E-state index contributed by atoms with van der Waals surface area (Å²) in [6.45, 7) is 0. The summed E-state index contributed by atoms with van der Waals surface area (Å²) in [4.78, 5) is 0. The molecule has 1 aromatic carbocycles. The maximum absolute atomic E-state index is 6.03. The summed E-state index contributed by atoms with van der Waals surface area (Å²) >= 11 is 6.03. The SMILES string of the molecule is ClP1Oc2ccccc2C2C=CC=CC2O1. The van der Waals surface area contributed by atoms with Gasteiger partial charge < -0.3 is 9.05 Å². The van der Waals surface area contributed by atoms with Gasteiger partial charge in [0.05, 0.1) is 6.10 Å². The Hall–Kier alpha value is -0.820. The van der Waals surface area contributed by atoms with E-state index in [0.717, 1.165) is 11.3 Å². The van der Waals surface area contributed by atoms with Crippen molar-refractivity contribution in [1.82, 2.24) is 0 Å². The van der Waals surface area contributed by atoms with Crippen LogP contribution in [-0.4, -0.2) is 6.10 Å². The average Bonchev–Trinajstić information content (AvgIpc) is 2.44. The molecule has 2 nitrogen and oxygen atoms in total. The minimum atomic E-state index is -1.36. The van der Waals surface area contributed by atoms with Gasteiger partial charge in [-0.3, -0.25) is 0 Å². The van der Waals surface area contributed by atoms with Crippen molar-refractivity contribution in [2.24, 2.45) is 0 Å². The molecule has 1 heterocycles. The molecule has 3 atom stereocenters. The van der Waals surface area contributed by atoms with Crippen LogP contribution in [0.2, 0.25) is 0 Å². The first kappa shape index (κ1) is 10.3. The highest BCUT2D eigenvalue weighted by atomic mass is 35.7. The van der Waals surface area contributed by atoms with Gasteiger partial charge in [0.1, 0.15) is 5.75 Å². The minimum absolute atomic E-state index is 0.0164. The smallest absolute Gasteiger partial charge is 0.339 e. The fourth-order valence-electron chi connectivity index (χ4n) is 2.00. The van der Waals surface area contributed by atoms with E-state index in [9.17, 15) is 0 Å². The Kier molecular flexibility index (Phi) is 2.72. The van der Waals surface area contributed by atoms with Crippen molar-refractivity contribution in [2.75, 3.05) is 0 Å². The van der Waals surface area contributed by atoms with Gasteiger partial charge in [0.2, 0.25) is 0 Å². The Balaban J connectivity index is 2.09. The molecule has 2 aliphatic rings. The lowest BCUT2D eigenvalue weighted by atomic mass is 9.89.